The molecular weight excluding hydrogens is 1220 g/mol. The quantitative estimate of drug-likeness (QED) is 0.0569. The Kier molecular flexibility index (Phi) is 23.0. The van der Waals surface area contributed by atoms with Gasteiger partial charge in [-0.15, -0.1) is 0 Å². The van der Waals surface area contributed by atoms with Crippen molar-refractivity contribution < 1.29 is 47.7 Å². The van der Waals surface area contributed by atoms with Crippen LogP contribution in [0, 0.1) is 29.6 Å². The van der Waals surface area contributed by atoms with E-state index < -0.39 is 35.5 Å². The van der Waals surface area contributed by atoms with Gasteiger partial charge in [0.15, 0.2) is 11.6 Å². The van der Waals surface area contributed by atoms with E-state index in [9.17, 15) is 28.8 Å². The number of aromatic nitrogens is 4. The third-order valence-electron chi connectivity index (χ3n) is 17.0. The van der Waals surface area contributed by atoms with E-state index in [1.807, 2.05) is 163 Å². The van der Waals surface area contributed by atoms with Crippen LogP contribution in [0.2, 0.25) is 0 Å². The summed E-state index contributed by atoms with van der Waals surface area (Å²) in [6.45, 7) is 14.4. The molecule has 18 nitrogen and oxygen atoms in total. The molecule has 2 aromatic heterocycles. The van der Waals surface area contributed by atoms with E-state index in [0.29, 0.717) is 11.6 Å². The minimum Gasteiger partial charge on any atom is -0.460 e. The van der Waals surface area contributed by atoms with Crippen molar-refractivity contribution in [1.29, 1.82) is 0 Å². The average Bonchev–Trinajstić information content (AvgIpc) is 1.01. The van der Waals surface area contributed by atoms with Crippen molar-refractivity contribution in [2.24, 2.45) is 29.6 Å². The molecule has 0 radical (unpaired) electrons. The molecule has 4 heterocycles. The van der Waals surface area contributed by atoms with Crippen molar-refractivity contribution in [3.8, 4) is 22.8 Å². The zero-order chi connectivity index (χ0) is 64.7. The van der Waals surface area contributed by atoms with Gasteiger partial charge in [0, 0.05) is 80.5 Å². The predicted molar refractivity (Wildman–Crippen MR) is 350 cm³/mol. The number of halogens is 1. The van der Waals surface area contributed by atoms with Crippen LogP contribution in [0.1, 0.15) is 128 Å². The van der Waals surface area contributed by atoms with Gasteiger partial charge < -0.3 is 39.4 Å². The number of likely N-dealkylation sites (tertiary alicyclic amines) is 2. The first-order chi connectivity index (χ1) is 43.6. The lowest BCUT2D eigenvalue weighted by Gasteiger charge is -2.40. The zero-order valence-corrected chi connectivity index (χ0v) is 54.9. The minimum atomic E-state index is -0.876. The highest BCUT2D eigenvalue weighted by atomic mass is 79.9. The van der Waals surface area contributed by atoms with Crippen molar-refractivity contribution in [2.75, 3.05) is 26.2 Å². The summed E-state index contributed by atoms with van der Waals surface area (Å²) in [5.74, 6) is 1.87. The van der Waals surface area contributed by atoms with Crippen molar-refractivity contribution >= 4 is 57.4 Å². The summed E-state index contributed by atoms with van der Waals surface area (Å²) in [4.78, 5) is 98.6. The Labute approximate surface area is 542 Å². The van der Waals surface area contributed by atoms with E-state index in [0.717, 1.165) is 74.0 Å². The lowest BCUT2D eigenvalue weighted by atomic mass is 9.71. The Bertz CT molecular complexity index is 3430. The molecule has 2 saturated heterocycles. The number of rotatable bonds is 19. The van der Waals surface area contributed by atoms with Gasteiger partial charge in [-0.3, -0.25) is 19.2 Å². The van der Waals surface area contributed by atoms with Gasteiger partial charge in [0.1, 0.15) is 36.5 Å². The highest BCUT2D eigenvalue weighted by Gasteiger charge is 2.42. The molecule has 6 aromatic rings. The van der Waals surface area contributed by atoms with Gasteiger partial charge in [-0.25, -0.2) is 29.5 Å². The van der Waals surface area contributed by atoms with Crippen molar-refractivity contribution in [3.63, 3.8) is 0 Å². The van der Waals surface area contributed by atoms with Crippen LogP contribution in [-0.4, -0.2) is 115 Å². The maximum atomic E-state index is 13.6. The third-order valence-corrected chi connectivity index (χ3v) is 17.4. The van der Waals surface area contributed by atoms with E-state index in [4.69, 9.17) is 28.9 Å². The molecule has 4 amide bonds. The fourth-order valence-corrected chi connectivity index (χ4v) is 12.0. The van der Waals surface area contributed by atoms with Crippen molar-refractivity contribution in [1.82, 2.24) is 40.4 Å². The second-order valence-corrected chi connectivity index (χ2v) is 27.2. The van der Waals surface area contributed by atoms with Crippen molar-refractivity contribution in [2.45, 2.75) is 149 Å². The van der Waals surface area contributed by atoms with Gasteiger partial charge in [-0.1, -0.05) is 141 Å². The highest BCUT2D eigenvalue weighted by Crippen LogP contribution is 2.42. The van der Waals surface area contributed by atoms with Crippen LogP contribution in [0.5, 0.6) is 0 Å². The Morgan fingerprint density at radius 3 is 1.33 bits per heavy atom. The second-order valence-electron chi connectivity index (χ2n) is 26.2. The highest BCUT2D eigenvalue weighted by molar-refractivity contribution is 9.10. The summed E-state index contributed by atoms with van der Waals surface area (Å²) in [7, 11) is 0. The molecule has 2 aliphatic carbocycles. The predicted octanol–water partition coefficient (Wildman–Crippen LogP) is 12.7. The molecule has 480 valence electrons. The number of hydrogen-bond acceptors (Lipinski definition) is 14. The van der Waals surface area contributed by atoms with Gasteiger partial charge in [0.05, 0.1) is 16.3 Å². The van der Waals surface area contributed by atoms with Gasteiger partial charge in [0.25, 0.3) is 0 Å². The number of nitrogens with one attached hydrogen (secondary N) is 2. The number of nitrogens with zero attached hydrogens (tertiary/aromatic N) is 6. The number of ether oxygens (including phenoxy) is 4. The van der Waals surface area contributed by atoms with Gasteiger partial charge in [-0.05, 0) is 135 Å². The number of allylic oxidation sites excluding steroid dienone is 2. The molecule has 4 aromatic carbocycles. The Morgan fingerprint density at radius 2 is 0.945 bits per heavy atom. The summed E-state index contributed by atoms with van der Waals surface area (Å²) in [5.41, 5.74) is 6.33. The number of benzene rings is 4. The molecule has 1 saturated carbocycles. The molecule has 0 spiro atoms. The molecule has 19 heteroatoms. The molecule has 10 rings (SSSR count). The number of alkyl carbamates (subject to hydrolysis) is 2. The molecule has 2 N–H and O–H groups in total. The summed E-state index contributed by atoms with van der Waals surface area (Å²) in [5, 5.41) is 5.50. The maximum Gasteiger partial charge on any atom is 0.408 e. The standard InChI is InChI=1S/C43H54N4O5.C29H31BrN4O5/c1-5-29-11-15-32(16-12-29)33-19-21-34(22-20-33)36-24-44-39(45-25-36)35-17-13-30(14-18-35)23-38(46-42(50)51-28-31-9-7-6-8-10-31)40(48)47-26-37(27-47)41(49)52-43(2,3)4;1-29(2,3)39-27(36)22-16-34(17-22)26(35)24(33-28(37)38-18-20-7-5-4-6-8-20)13-19-9-11-21(12-10-19)25-31-14-23(30)15-32-25/h6-10,13-14,17-18,21,24-25,29,32-33,37-38H,5,11-12,15-16,19-20,22-23,26-28H2,1-4H3,(H,46,50);4-12,14-15,22,24H,13,16-18H2,1-3H3,(H,33,37)/t29?,32?,33?,38-;24-/m00/s1. The molecule has 0 bridgehead atoms. The summed E-state index contributed by atoms with van der Waals surface area (Å²) in [6.07, 6.45) is 19.2. The third kappa shape index (κ3) is 19.8. The first kappa shape index (κ1) is 67.1. The van der Waals surface area contributed by atoms with E-state index in [2.05, 4.69) is 49.5 Å². The normalized spacial score (nSPS) is 18.3. The van der Waals surface area contributed by atoms with Gasteiger partial charge in [-0.2, -0.15) is 0 Å². The van der Waals surface area contributed by atoms with Crippen LogP contribution in [0.3, 0.4) is 0 Å². The summed E-state index contributed by atoms with van der Waals surface area (Å²) >= 11 is 3.33. The fraction of sp³-hybridized carbons (Fsp3) is 0.444. The zero-order valence-electron chi connectivity index (χ0n) is 53.3. The van der Waals surface area contributed by atoms with Crippen molar-refractivity contribution in [3.05, 3.63) is 172 Å². The van der Waals surface area contributed by atoms with Gasteiger partial charge >= 0.3 is 24.1 Å². The van der Waals surface area contributed by atoms with Crippen LogP contribution < -0.4 is 10.6 Å². The van der Waals surface area contributed by atoms with Crippen LogP contribution in [-0.2, 0) is 64.2 Å². The maximum absolute atomic E-state index is 13.6. The fourth-order valence-electron chi connectivity index (χ4n) is 11.8. The minimum absolute atomic E-state index is 0.0832. The smallest absolute Gasteiger partial charge is 0.408 e. The molecule has 4 aliphatic rings. The number of amides is 4. The molecule has 2 aliphatic heterocycles. The lowest BCUT2D eigenvalue weighted by molar-refractivity contribution is -0.169. The van der Waals surface area contributed by atoms with E-state index in [1.165, 1.54) is 44.1 Å². The van der Waals surface area contributed by atoms with E-state index in [-0.39, 0.29) is 87.8 Å². The molecule has 3 atom stereocenters. The topological polar surface area (TPSA) is 221 Å². The Balaban J connectivity index is 0.000000225. The molecule has 3 fully saturated rings. The van der Waals surface area contributed by atoms with Crippen LogP contribution in [0.25, 0.3) is 28.3 Å². The summed E-state index contributed by atoms with van der Waals surface area (Å²) in [6, 6.07) is 32.2. The van der Waals surface area contributed by atoms with E-state index in [1.54, 1.807) is 22.2 Å². The van der Waals surface area contributed by atoms with Gasteiger partial charge in [0.2, 0.25) is 11.8 Å². The second kappa shape index (κ2) is 31.1. The average molecular weight is 1300 g/mol. The Morgan fingerprint density at radius 1 is 0.527 bits per heavy atom. The van der Waals surface area contributed by atoms with Crippen LogP contribution >= 0.6 is 15.9 Å². The summed E-state index contributed by atoms with van der Waals surface area (Å²) < 4.78 is 22.5. The molecular formula is C72H85BrN8O10. The molecule has 91 heavy (non-hydrogen) atoms. The number of esters is 2. The number of carbonyl (C=O) groups is 6. The Hall–Kier alpha value is -8.32. The van der Waals surface area contributed by atoms with Crippen LogP contribution in [0.15, 0.2) is 145 Å². The first-order valence-corrected chi connectivity index (χ1v) is 32.6. The lowest BCUT2D eigenvalue weighted by Crippen LogP contribution is -2.59. The van der Waals surface area contributed by atoms with E-state index >= 15 is 0 Å². The largest absolute Gasteiger partial charge is 0.460 e. The molecule has 1 unspecified atom stereocenters. The first-order valence-electron chi connectivity index (χ1n) is 31.8. The SMILES string of the molecule is CC(C)(C)OC(=O)C1CN(C(=O)[C@H](Cc2ccc(-c3ncc(Br)cn3)cc2)NC(=O)OCc2ccccc2)C1.CCC1CCC(C2CC=C(c3cnc(-c4ccc(C[C@H](NC(=O)OCc5ccccc5)C(=O)N5CC(C(=O)OC(C)(C)C)C5)cc4)nc3)CC2)CC1. The number of hydrogen-bond donors (Lipinski definition) is 2. The monoisotopic (exact) mass is 1300 g/mol. The number of carbonyl (C=O) groups excluding carboxylic acids is 6. The van der Waals surface area contributed by atoms with Crippen LogP contribution in [0.4, 0.5) is 9.59 Å².